The number of terminal acetylenes is 1. The van der Waals surface area contributed by atoms with Gasteiger partial charge in [0, 0.05) is 24.2 Å². The van der Waals surface area contributed by atoms with Gasteiger partial charge in [0.05, 0.1) is 11.7 Å². The Hall–Kier alpha value is -1.79. The van der Waals surface area contributed by atoms with Crippen LogP contribution in [0, 0.1) is 12.3 Å². The molecule has 0 saturated heterocycles. The van der Waals surface area contributed by atoms with Crippen LogP contribution in [-0.2, 0) is 0 Å². The molecule has 2 rings (SSSR count). The Morgan fingerprint density at radius 2 is 2.41 bits per heavy atom. The summed E-state index contributed by atoms with van der Waals surface area (Å²) < 4.78 is 1.90. The molecule has 0 aliphatic carbocycles. The number of fused-ring (bicyclic) bond motifs is 1. The van der Waals surface area contributed by atoms with Gasteiger partial charge in [-0.2, -0.15) is 5.10 Å². The first kappa shape index (κ1) is 11.7. The van der Waals surface area contributed by atoms with Crippen molar-refractivity contribution in [3.63, 3.8) is 0 Å². The van der Waals surface area contributed by atoms with Crippen molar-refractivity contribution in [2.45, 2.75) is 25.8 Å². The number of aromatic nitrogens is 2. The van der Waals surface area contributed by atoms with Crippen LogP contribution in [0.2, 0.25) is 0 Å². The molecule has 0 saturated carbocycles. The average Bonchev–Trinajstić information content (AvgIpc) is 2.78. The van der Waals surface area contributed by atoms with E-state index in [0.717, 1.165) is 24.9 Å². The highest BCUT2D eigenvalue weighted by Gasteiger charge is 2.14. The van der Waals surface area contributed by atoms with Crippen molar-refractivity contribution in [1.82, 2.24) is 14.9 Å². The molecule has 2 heterocycles. The average molecular weight is 227 g/mol. The monoisotopic (exact) mass is 227 g/mol. The Morgan fingerprint density at radius 3 is 3.18 bits per heavy atom. The van der Waals surface area contributed by atoms with Gasteiger partial charge in [0.2, 0.25) is 0 Å². The lowest BCUT2D eigenvalue weighted by molar-refractivity contribution is 0.526. The summed E-state index contributed by atoms with van der Waals surface area (Å²) in [4.78, 5) is 0. The number of nitrogens with one attached hydrogen (secondary N) is 1. The second kappa shape index (κ2) is 5.51. The molecule has 1 N–H and O–H groups in total. The largest absolute Gasteiger partial charge is 0.310 e. The molecule has 0 aliphatic heterocycles. The second-order valence-electron chi connectivity index (χ2n) is 3.98. The Bertz CT molecular complexity index is 521. The summed E-state index contributed by atoms with van der Waals surface area (Å²) in [5, 5.41) is 7.82. The summed E-state index contributed by atoms with van der Waals surface area (Å²) in [5.41, 5.74) is 2.37. The van der Waals surface area contributed by atoms with Crippen molar-refractivity contribution < 1.29 is 0 Å². The van der Waals surface area contributed by atoms with Gasteiger partial charge in [0.15, 0.2) is 0 Å². The Morgan fingerprint density at radius 1 is 1.53 bits per heavy atom. The molecule has 1 unspecified atom stereocenters. The SMILES string of the molecule is C#CCCC(NCC)c1cnn2ccccc12. The lowest BCUT2D eigenvalue weighted by Gasteiger charge is -2.15. The van der Waals surface area contributed by atoms with Crippen molar-refractivity contribution in [2.24, 2.45) is 0 Å². The van der Waals surface area contributed by atoms with E-state index >= 15 is 0 Å². The number of hydrogen-bond acceptors (Lipinski definition) is 2. The van der Waals surface area contributed by atoms with Gasteiger partial charge in [-0.05, 0) is 25.1 Å². The molecule has 3 nitrogen and oxygen atoms in total. The highest BCUT2D eigenvalue weighted by atomic mass is 15.2. The van der Waals surface area contributed by atoms with Crippen molar-refractivity contribution in [2.75, 3.05) is 6.54 Å². The molecule has 2 aromatic rings. The molecule has 0 bridgehead atoms. The van der Waals surface area contributed by atoms with E-state index in [4.69, 9.17) is 6.42 Å². The van der Waals surface area contributed by atoms with E-state index in [-0.39, 0.29) is 6.04 Å². The molecular weight excluding hydrogens is 210 g/mol. The summed E-state index contributed by atoms with van der Waals surface area (Å²) >= 11 is 0. The van der Waals surface area contributed by atoms with Gasteiger partial charge < -0.3 is 5.32 Å². The predicted molar refractivity (Wildman–Crippen MR) is 69.7 cm³/mol. The van der Waals surface area contributed by atoms with E-state index in [1.165, 1.54) is 5.56 Å². The van der Waals surface area contributed by atoms with Crippen LogP contribution in [0.25, 0.3) is 5.52 Å². The van der Waals surface area contributed by atoms with E-state index in [0.29, 0.717) is 0 Å². The maximum atomic E-state index is 5.34. The minimum absolute atomic E-state index is 0.288. The van der Waals surface area contributed by atoms with Gasteiger partial charge in [-0.1, -0.05) is 13.0 Å². The molecule has 1 atom stereocenters. The summed E-state index contributed by atoms with van der Waals surface area (Å²) in [5.74, 6) is 2.70. The minimum atomic E-state index is 0.288. The highest BCUT2D eigenvalue weighted by Crippen LogP contribution is 2.22. The van der Waals surface area contributed by atoms with Gasteiger partial charge in [-0.15, -0.1) is 12.3 Å². The zero-order valence-electron chi connectivity index (χ0n) is 10.1. The first-order chi connectivity index (χ1) is 8.36. The van der Waals surface area contributed by atoms with Crippen LogP contribution in [0.15, 0.2) is 30.6 Å². The van der Waals surface area contributed by atoms with Crippen LogP contribution < -0.4 is 5.32 Å². The lowest BCUT2D eigenvalue weighted by atomic mass is 10.0. The molecule has 0 fully saturated rings. The third-order valence-corrected chi connectivity index (χ3v) is 2.86. The van der Waals surface area contributed by atoms with Crippen molar-refractivity contribution >= 4 is 5.52 Å². The van der Waals surface area contributed by atoms with Gasteiger partial charge in [-0.3, -0.25) is 0 Å². The molecule has 3 heteroatoms. The molecule has 0 aromatic carbocycles. The summed E-state index contributed by atoms with van der Waals surface area (Å²) in [7, 11) is 0. The third kappa shape index (κ3) is 2.48. The molecule has 0 spiro atoms. The molecule has 17 heavy (non-hydrogen) atoms. The number of nitrogens with zero attached hydrogens (tertiary/aromatic N) is 2. The lowest BCUT2D eigenvalue weighted by Crippen LogP contribution is -2.20. The second-order valence-corrected chi connectivity index (χ2v) is 3.98. The maximum absolute atomic E-state index is 5.34. The van der Waals surface area contributed by atoms with Crippen LogP contribution in [0.4, 0.5) is 0 Å². The predicted octanol–water partition coefficient (Wildman–Crippen LogP) is 2.40. The van der Waals surface area contributed by atoms with Crippen molar-refractivity contribution in [3.05, 3.63) is 36.2 Å². The smallest absolute Gasteiger partial charge is 0.0709 e. The van der Waals surface area contributed by atoms with Gasteiger partial charge in [0.1, 0.15) is 0 Å². The number of rotatable bonds is 5. The quantitative estimate of drug-likeness (QED) is 0.795. The van der Waals surface area contributed by atoms with E-state index in [2.05, 4.69) is 29.3 Å². The molecule has 2 aromatic heterocycles. The standard InChI is InChI=1S/C14H17N3/c1-3-5-8-13(15-4-2)12-11-16-17-10-7-6-9-14(12)17/h1,6-7,9-11,13,15H,4-5,8H2,2H3. The number of pyridine rings is 1. The minimum Gasteiger partial charge on any atom is -0.310 e. The Labute approximate surface area is 102 Å². The maximum Gasteiger partial charge on any atom is 0.0709 e. The summed E-state index contributed by atoms with van der Waals surface area (Å²) in [6.07, 6.45) is 11.0. The molecule has 0 amide bonds. The van der Waals surface area contributed by atoms with Crippen LogP contribution in [0.5, 0.6) is 0 Å². The fraction of sp³-hybridized carbons (Fsp3) is 0.357. The number of hydrogen-bond donors (Lipinski definition) is 1. The van der Waals surface area contributed by atoms with Crippen LogP contribution in [0.1, 0.15) is 31.4 Å². The van der Waals surface area contributed by atoms with E-state index in [1.807, 2.05) is 29.0 Å². The topological polar surface area (TPSA) is 29.3 Å². The van der Waals surface area contributed by atoms with Gasteiger partial charge in [0.25, 0.3) is 0 Å². The third-order valence-electron chi connectivity index (χ3n) is 2.86. The van der Waals surface area contributed by atoms with E-state index in [9.17, 15) is 0 Å². The molecule has 88 valence electrons. The van der Waals surface area contributed by atoms with Crippen molar-refractivity contribution in [1.29, 1.82) is 0 Å². The van der Waals surface area contributed by atoms with Crippen LogP contribution in [0.3, 0.4) is 0 Å². The van der Waals surface area contributed by atoms with Crippen molar-refractivity contribution in [3.8, 4) is 12.3 Å². The molecule has 0 radical (unpaired) electrons. The van der Waals surface area contributed by atoms with E-state index in [1.54, 1.807) is 0 Å². The summed E-state index contributed by atoms with van der Waals surface area (Å²) in [6.45, 7) is 3.04. The fourth-order valence-electron chi connectivity index (χ4n) is 2.06. The fourth-order valence-corrected chi connectivity index (χ4v) is 2.06. The zero-order valence-corrected chi connectivity index (χ0v) is 10.1. The highest BCUT2D eigenvalue weighted by molar-refractivity contribution is 5.54. The Balaban J connectivity index is 2.31. The van der Waals surface area contributed by atoms with Gasteiger partial charge in [-0.25, -0.2) is 4.52 Å². The van der Waals surface area contributed by atoms with Crippen LogP contribution >= 0.6 is 0 Å². The molecule has 0 aliphatic rings. The Kier molecular flexibility index (Phi) is 3.79. The first-order valence-corrected chi connectivity index (χ1v) is 5.96. The van der Waals surface area contributed by atoms with Gasteiger partial charge >= 0.3 is 0 Å². The first-order valence-electron chi connectivity index (χ1n) is 5.96. The summed E-state index contributed by atoms with van der Waals surface area (Å²) in [6, 6.07) is 6.39. The normalized spacial score (nSPS) is 12.5. The molecular formula is C14H17N3. The van der Waals surface area contributed by atoms with Crippen LogP contribution in [-0.4, -0.2) is 16.2 Å². The zero-order chi connectivity index (χ0) is 12.1. The van der Waals surface area contributed by atoms with E-state index < -0.39 is 0 Å².